The van der Waals surface area contributed by atoms with E-state index in [2.05, 4.69) is 15.7 Å². The van der Waals surface area contributed by atoms with Crippen LogP contribution in [0.5, 0.6) is 0 Å². The summed E-state index contributed by atoms with van der Waals surface area (Å²) in [5.74, 6) is 0.0497. The van der Waals surface area contributed by atoms with Crippen LogP contribution < -0.4 is 10.6 Å². The van der Waals surface area contributed by atoms with Gasteiger partial charge in [-0.25, -0.2) is 9.48 Å². The second kappa shape index (κ2) is 8.98. The van der Waals surface area contributed by atoms with E-state index in [1.54, 1.807) is 47.3 Å². The largest absolute Gasteiger partial charge is 0.463 e. The summed E-state index contributed by atoms with van der Waals surface area (Å²) in [7, 11) is 0. The number of benzene rings is 1. The molecule has 1 saturated heterocycles. The Labute approximate surface area is 201 Å². The summed E-state index contributed by atoms with van der Waals surface area (Å²) >= 11 is 6.14. The molecule has 2 aliphatic rings. The maximum atomic E-state index is 12.8. The first kappa shape index (κ1) is 22.2. The molecule has 1 aliphatic carbocycles. The molecule has 1 aliphatic heterocycles. The maximum absolute atomic E-state index is 12.8. The quantitative estimate of drug-likeness (QED) is 0.394. The number of amides is 4. The summed E-state index contributed by atoms with van der Waals surface area (Å²) in [6, 6.07) is 12.0. The summed E-state index contributed by atoms with van der Waals surface area (Å²) < 4.78 is 7.12. The van der Waals surface area contributed by atoms with Gasteiger partial charge in [0.2, 0.25) is 0 Å². The molecule has 3 aromatic rings. The van der Waals surface area contributed by atoms with E-state index >= 15 is 0 Å². The second-order valence-corrected chi connectivity index (χ2v) is 9.01. The normalized spacial score (nSPS) is 16.9. The number of carbonyl (C=O) groups excluding carboxylic acids is 3. The molecular formula is C24H24ClN5O4. The lowest BCUT2D eigenvalue weighted by molar-refractivity contribution is -0.131. The molecule has 1 saturated carbocycles. The molecule has 0 radical (unpaired) electrons. The van der Waals surface area contributed by atoms with Gasteiger partial charge in [-0.2, -0.15) is 5.10 Å². The molecule has 2 fully saturated rings. The van der Waals surface area contributed by atoms with E-state index in [-0.39, 0.29) is 30.1 Å². The second-order valence-electron chi connectivity index (χ2n) is 8.57. The summed E-state index contributed by atoms with van der Waals surface area (Å²) in [6.07, 6.45) is 5.27. The number of nitrogens with one attached hydrogen (secondary N) is 2. The van der Waals surface area contributed by atoms with E-state index in [0.29, 0.717) is 48.0 Å². The summed E-state index contributed by atoms with van der Waals surface area (Å²) in [4.78, 5) is 39.1. The Balaban J connectivity index is 1.24. The first-order valence-corrected chi connectivity index (χ1v) is 11.7. The first-order chi connectivity index (χ1) is 16.5. The predicted octanol–water partition coefficient (Wildman–Crippen LogP) is 3.77. The van der Waals surface area contributed by atoms with Gasteiger partial charge in [0.1, 0.15) is 11.2 Å². The molecule has 2 N–H and O–H groups in total. The third-order valence-electron chi connectivity index (χ3n) is 6.32. The number of imide groups is 1. The number of hydrogen-bond donors (Lipinski definition) is 2. The van der Waals surface area contributed by atoms with Crippen molar-refractivity contribution in [3.63, 3.8) is 0 Å². The highest BCUT2D eigenvalue weighted by Crippen LogP contribution is 2.35. The Morgan fingerprint density at radius 2 is 2.00 bits per heavy atom. The maximum Gasteiger partial charge on any atom is 0.325 e. The third-order valence-corrected chi connectivity index (χ3v) is 6.55. The zero-order valence-corrected chi connectivity index (χ0v) is 19.2. The predicted molar refractivity (Wildman–Crippen MR) is 125 cm³/mol. The van der Waals surface area contributed by atoms with E-state index in [0.717, 1.165) is 12.8 Å². The number of rotatable bonds is 7. The Kier molecular flexibility index (Phi) is 5.87. The zero-order chi connectivity index (χ0) is 23.7. The number of halogens is 1. The fourth-order valence-corrected chi connectivity index (χ4v) is 4.81. The molecule has 176 valence electrons. The van der Waals surface area contributed by atoms with Crippen molar-refractivity contribution in [1.82, 2.24) is 25.3 Å². The van der Waals surface area contributed by atoms with Crippen molar-refractivity contribution in [2.24, 2.45) is 0 Å². The van der Waals surface area contributed by atoms with Gasteiger partial charge in [0.15, 0.2) is 11.5 Å². The molecule has 0 atom stereocenters. The van der Waals surface area contributed by atoms with Crippen LogP contribution in [-0.4, -0.2) is 51.2 Å². The van der Waals surface area contributed by atoms with E-state index in [9.17, 15) is 14.4 Å². The Bertz CT molecular complexity index is 1230. The van der Waals surface area contributed by atoms with Crippen molar-refractivity contribution in [2.75, 3.05) is 13.1 Å². The van der Waals surface area contributed by atoms with Gasteiger partial charge in [-0.3, -0.25) is 14.5 Å². The number of hydrogen-bond acceptors (Lipinski definition) is 5. The lowest BCUT2D eigenvalue weighted by Crippen LogP contribution is -2.44. The Morgan fingerprint density at radius 3 is 2.74 bits per heavy atom. The molecule has 0 bridgehead atoms. The van der Waals surface area contributed by atoms with Gasteiger partial charge >= 0.3 is 6.03 Å². The van der Waals surface area contributed by atoms with Crippen LogP contribution in [0.3, 0.4) is 0 Å². The number of aromatic nitrogens is 2. The lowest BCUT2D eigenvalue weighted by Gasteiger charge is -2.20. The minimum atomic E-state index is -0.713. The van der Waals surface area contributed by atoms with Gasteiger partial charge in [0, 0.05) is 24.2 Å². The minimum absolute atomic E-state index is 0.148. The highest BCUT2D eigenvalue weighted by molar-refractivity contribution is 6.30. The molecule has 5 rings (SSSR count). The molecular weight excluding hydrogens is 458 g/mol. The summed E-state index contributed by atoms with van der Waals surface area (Å²) in [5, 5.41) is 10.7. The van der Waals surface area contributed by atoms with Crippen LogP contribution in [-0.2, 0) is 4.79 Å². The third kappa shape index (κ3) is 4.07. The number of nitrogens with zero attached hydrogens (tertiary/aromatic N) is 3. The van der Waals surface area contributed by atoms with E-state index in [1.807, 2.05) is 6.07 Å². The molecule has 10 heteroatoms. The summed E-state index contributed by atoms with van der Waals surface area (Å²) in [6.45, 7) is 0.546. The van der Waals surface area contributed by atoms with Gasteiger partial charge in [0.25, 0.3) is 11.8 Å². The van der Waals surface area contributed by atoms with Gasteiger partial charge in [-0.05, 0) is 49.6 Å². The van der Waals surface area contributed by atoms with E-state index in [1.165, 1.54) is 4.90 Å². The first-order valence-electron chi connectivity index (χ1n) is 11.3. The van der Waals surface area contributed by atoms with Crippen LogP contribution in [0.25, 0.3) is 17.1 Å². The lowest BCUT2D eigenvalue weighted by atomic mass is 9.98. The topological polar surface area (TPSA) is 109 Å². The van der Waals surface area contributed by atoms with Crippen molar-refractivity contribution in [2.45, 2.75) is 37.6 Å². The van der Waals surface area contributed by atoms with Crippen LogP contribution in [0.4, 0.5) is 4.79 Å². The van der Waals surface area contributed by atoms with Gasteiger partial charge in [-0.15, -0.1) is 0 Å². The molecule has 1 aromatic carbocycles. The fourth-order valence-electron chi connectivity index (χ4n) is 4.62. The molecule has 4 amide bonds. The number of urea groups is 1. The molecule has 34 heavy (non-hydrogen) atoms. The standard InChI is InChI=1S/C24H24ClN5O4/c25-16-6-3-7-17(14-16)30-19(20-8-4-13-34-20)15-18(28-30)21(31)26-11-5-12-29-22(32)24(27-23(29)33)9-1-2-10-24/h3-4,6-8,13-15H,1-2,5,9-12H2,(H,26,31)(H,27,33). The molecule has 3 heterocycles. The average Bonchev–Trinajstić information content (AvgIpc) is 3.61. The average molecular weight is 482 g/mol. The molecule has 9 nitrogen and oxygen atoms in total. The van der Waals surface area contributed by atoms with Crippen molar-refractivity contribution >= 4 is 29.4 Å². The summed E-state index contributed by atoms with van der Waals surface area (Å²) in [5.41, 5.74) is 0.803. The van der Waals surface area contributed by atoms with Crippen LogP contribution in [0.1, 0.15) is 42.6 Å². The van der Waals surface area contributed by atoms with Crippen molar-refractivity contribution in [1.29, 1.82) is 0 Å². The van der Waals surface area contributed by atoms with Crippen LogP contribution >= 0.6 is 11.6 Å². The van der Waals surface area contributed by atoms with E-state index in [4.69, 9.17) is 16.0 Å². The van der Waals surface area contributed by atoms with Gasteiger partial charge < -0.3 is 15.1 Å². The van der Waals surface area contributed by atoms with Gasteiger partial charge in [-0.1, -0.05) is 30.5 Å². The SMILES string of the molecule is O=C(NCCCN1C(=O)NC2(CCCC2)C1=O)c1cc(-c2ccco2)n(-c2cccc(Cl)c2)n1. The molecule has 0 unspecified atom stereocenters. The van der Waals surface area contributed by atoms with Crippen LogP contribution in [0.15, 0.2) is 53.1 Å². The van der Waals surface area contributed by atoms with Crippen molar-refractivity contribution < 1.29 is 18.8 Å². The van der Waals surface area contributed by atoms with Crippen LogP contribution in [0.2, 0.25) is 5.02 Å². The minimum Gasteiger partial charge on any atom is -0.463 e. The smallest absolute Gasteiger partial charge is 0.325 e. The molecule has 2 aromatic heterocycles. The Hall–Kier alpha value is -3.59. The fraction of sp³-hybridized carbons (Fsp3) is 0.333. The van der Waals surface area contributed by atoms with E-state index < -0.39 is 5.54 Å². The number of furan rings is 1. The van der Waals surface area contributed by atoms with Crippen molar-refractivity contribution in [3.05, 3.63) is 59.4 Å². The highest BCUT2D eigenvalue weighted by Gasteiger charge is 2.51. The number of carbonyl (C=O) groups is 3. The Morgan fingerprint density at radius 1 is 1.18 bits per heavy atom. The highest BCUT2D eigenvalue weighted by atomic mass is 35.5. The van der Waals surface area contributed by atoms with Crippen molar-refractivity contribution in [3.8, 4) is 17.1 Å². The molecule has 1 spiro atoms. The zero-order valence-electron chi connectivity index (χ0n) is 18.4. The monoisotopic (exact) mass is 481 g/mol. The van der Waals surface area contributed by atoms with Gasteiger partial charge in [0.05, 0.1) is 12.0 Å². The van der Waals surface area contributed by atoms with Crippen LogP contribution in [0, 0.1) is 0 Å².